The maximum absolute atomic E-state index is 12.7. The van der Waals surface area contributed by atoms with E-state index >= 15 is 0 Å². The number of nitrogens with zero attached hydrogens (tertiary/aromatic N) is 3. The van der Waals surface area contributed by atoms with E-state index in [2.05, 4.69) is 5.10 Å². The molecule has 0 unspecified atom stereocenters. The zero-order chi connectivity index (χ0) is 16.2. The molecule has 1 aliphatic heterocycles. The molecule has 1 aromatic heterocycles. The van der Waals surface area contributed by atoms with Crippen molar-refractivity contribution in [3.63, 3.8) is 0 Å². The first kappa shape index (κ1) is 15.7. The molecule has 0 bridgehead atoms. The van der Waals surface area contributed by atoms with Gasteiger partial charge < -0.3 is 4.74 Å². The molecular weight excluding hydrogens is 287 g/mol. The van der Waals surface area contributed by atoms with Crippen LogP contribution < -0.4 is 0 Å². The van der Waals surface area contributed by atoms with E-state index in [4.69, 9.17) is 4.74 Å². The number of ether oxygens (including phenoxy) is 1. The summed E-state index contributed by atoms with van der Waals surface area (Å²) in [5.41, 5.74) is -1.23. The Morgan fingerprint density at radius 3 is 2.24 bits per heavy atom. The Kier molecular flexibility index (Phi) is 3.46. The van der Waals surface area contributed by atoms with Crippen LogP contribution in [0.3, 0.4) is 0 Å². The van der Waals surface area contributed by atoms with Gasteiger partial charge in [-0.3, -0.25) is 9.58 Å². The third kappa shape index (κ3) is 2.71. The minimum atomic E-state index is -4.52. The molecule has 2 atom stereocenters. The number of carbonyl (C=O) groups excluding carboxylic acids is 1. The van der Waals surface area contributed by atoms with Crippen LogP contribution in [0, 0.1) is 0 Å². The first-order valence-electron chi connectivity index (χ1n) is 6.54. The van der Waals surface area contributed by atoms with Crippen molar-refractivity contribution in [1.82, 2.24) is 14.7 Å². The lowest BCUT2D eigenvalue weighted by Crippen LogP contribution is -2.46. The average Bonchev–Trinajstić information content (AvgIpc) is 2.77. The average molecular weight is 305 g/mol. The van der Waals surface area contributed by atoms with Crippen molar-refractivity contribution in [3.05, 3.63) is 17.5 Å². The van der Waals surface area contributed by atoms with Gasteiger partial charge in [0, 0.05) is 12.6 Å². The third-order valence-corrected chi connectivity index (χ3v) is 3.49. The number of aryl methyl sites for hydroxylation is 1. The van der Waals surface area contributed by atoms with Gasteiger partial charge in [0.1, 0.15) is 0 Å². The zero-order valence-electron chi connectivity index (χ0n) is 12.5. The van der Waals surface area contributed by atoms with Gasteiger partial charge in [0.05, 0.1) is 11.7 Å². The maximum Gasteiger partial charge on any atom is 0.435 e. The molecule has 1 aromatic rings. The number of hydrogen-bond acceptors (Lipinski definition) is 3. The molecular formula is C13H18F3N3O2. The highest BCUT2D eigenvalue weighted by Gasteiger charge is 2.47. The van der Waals surface area contributed by atoms with Crippen LogP contribution in [-0.2, 0) is 18.0 Å². The number of aromatic nitrogens is 2. The van der Waals surface area contributed by atoms with Crippen LogP contribution in [0.4, 0.5) is 18.0 Å². The van der Waals surface area contributed by atoms with Crippen LogP contribution in [0.1, 0.15) is 45.2 Å². The summed E-state index contributed by atoms with van der Waals surface area (Å²) in [6.45, 7) is 7.29. The summed E-state index contributed by atoms with van der Waals surface area (Å²) >= 11 is 0. The molecule has 118 valence electrons. The Bertz CT molecular complexity index is 560. The second-order valence-electron chi connectivity index (χ2n) is 6.16. The number of carbonyl (C=O) groups is 1. The lowest BCUT2D eigenvalue weighted by Gasteiger charge is -2.33. The summed E-state index contributed by atoms with van der Waals surface area (Å²) in [5.74, 6) is 0. The number of alkyl halides is 3. The predicted octanol–water partition coefficient (Wildman–Crippen LogP) is 3.12. The van der Waals surface area contributed by atoms with E-state index in [9.17, 15) is 18.0 Å². The minimum Gasteiger partial charge on any atom is -0.437 e. The van der Waals surface area contributed by atoms with Crippen molar-refractivity contribution in [1.29, 1.82) is 0 Å². The highest BCUT2D eigenvalue weighted by atomic mass is 19.4. The summed E-state index contributed by atoms with van der Waals surface area (Å²) in [7, 11) is 1.41. The largest absolute Gasteiger partial charge is 0.437 e. The molecule has 2 heterocycles. The first-order chi connectivity index (χ1) is 9.43. The molecule has 0 aromatic carbocycles. The van der Waals surface area contributed by atoms with Gasteiger partial charge in [0.25, 0.3) is 0 Å². The maximum atomic E-state index is 12.7. The van der Waals surface area contributed by atoms with E-state index < -0.39 is 29.6 Å². The fraction of sp³-hybridized carbons (Fsp3) is 0.692. The van der Waals surface area contributed by atoms with Gasteiger partial charge >= 0.3 is 12.3 Å². The Morgan fingerprint density at radius 1 is 1.29 bits per heavy atom. The zero-order valence-corrected chi connectivity index (χ0v) is 12.5. The van der Waals surface area contributed by atoms with Crippen molar-refractivity contribution in [3.8, 4) is 0 Å². The first-order valence-corrected chi connectivity index (χ1v) is 6.54. The second kappa shape index (κ2) is 4.64. The van der Waals surface area contributed by atoms with Crippen molar-refractivity contribution >= 4 is 6.09 Å². The summed E-state index contributed by atoms with van der Waals surface area (Å²) in [6, 6.07) is 0.551. The molecule has 1 amide bonds. The van der Waals surface area contributed by atoms with Gasteiger partial charge in [-0.25, -0.2) is 4.79 Å². The van der Waals surface area contributed by atoms with Crippen LogP contribution in [-0.4, -0.2) is 32.4 Å². The van der Waals surface area contributed by atoms with E-state index in [0.717, 1.165) is 10.7 Å². The van der Waals surface area contributed by atoms with Gasteiger partial charge in [0.2, 0.25) is 0 Å². The minimum absolute atomic E-state index is 0.231. The van der Waals surface area contributed by atoms with Gasteiger partial charge in [-0.05, 0) is 33.8 Å². The fourth-order valence-electron chi connectivity index (χ4n) is 2.64. The van der Waals surface area contributed by atoms with Gasteiger partial charge in [-0.2, -0.15) is 18.3 Å². The number of halogens is 3. The molecule has 0 N–H and O–H groups in total. The Morgan fingerprint density at radius 2 is 1.86 bits per heavy atom. The van der Waals surface area contributed by atoms with Gasteiger partial charge in [-0.15, -0.1) is 0 Å². The van der Waals surface area contributed by atoms with Crippen LogP contribution in [0.15, 0.2) is 6.07 Å². The normalized spacial score (nSPS) is 23.6. The number of rotatable bonds is 1. The smallest absolute Gasteiger partial charge is 0.435 e. The number of amides is 1. The van der Waals surface area contributed by atoms with E-state index in [0.29, 0.717) is 0 Å². The van der Waals surface area contributed by atoms with Crippen LogP contribution in [0.2, 0.25) is 0 Å². The SMILES string of the molecule is C[C@@H]1[C@H](c2cc(C(F)(F)F)nn2C)OC(=O)N1C(C)(C)C. The van der Waals surface area contributed by atoms with E-state index in [-0.39, 0.29) is 11.7 Å². The molecule has 1 fully saturated rings. The van der Waals surface area contributed by atoms with Crippen molar-refractivity contribution in [2.45, 2.75) is 51.6 Å². The lowest BCUT2D eigenvalue weighted by molar-refractivity contribution is -0.141. The van der Waals surface area contributed by atoms with E-state index in [1.165, 1.54) is 11.9 Å². The van der Waals surface area contributed by atoms with Crippen molar-refractivity contribution < 1.29 is 22.7 Å². The number of cyclic esters (lactones) is 1. The van der Waals surface area contributed by atoms with Gasteiger partial charge in [-0.1, -0.05) is 0 Å². The highest BCUT2D eigenvalue weighted by molar-refractivity contribution is 5.71. The van der Waals surface area contributed by atoms with E-state index in [1.807, 2.05) is 20.8 Å². The van der Waals surface area contributed by atoms with Gasteiger partial charge in [0.15, 0.2) is 11.8 Å². The van der Waals surface area contributed by atoms with Crippen molar-refractivity contribution in [2.24, 2.45) is 7.05 Å². The number of hydrogen-bond donors (Lipinski definition) is 0. The molecule has 1 saturated heterocycles. The Labute approximate surface area is 120 Å². The molecule has 2 rings (SSSR count). The molecule has 21 heavy (non-hydrogen) atoms. The highest BCUT2D eigenvalue weighted by Crippen LogP contribution is 2.38. The van der Waals surface area contributed by atoms with Crippen LogP contribution in [0.25, 0.3) is 0 Å². The third-order valence-electron chi connectivity index (χ3n) is 3.49. The van der Waals surface area contributed by atoms with E-state index in [1.54, 1.807) is 6.92 Å². The second-order valence-corrected chi connectivity index (χ2v) is 6.16. The fourth-order valence-corrected chi connectivity index (χ4v) is 2.64. The molecule has 0 saturated carbocycles. The summed E-state index contributed by atoms with van der Waals surface area (Å²) in [6.07, 6.45) is -5.83. The summed E-state index contributed by atoms with van der Waals surface area (Å²) in [4.78, 5) is 13.5. The summed E-state index contributed by atoms with van der Waals surface area (Å²) < 4.78 is 44.5. The molecule has 8 heteroatoms. The van der Waals surface area contributed by atoms with Crippen molar-refractivity contribution in [2.75, 3.05) is 0 Å². The molecule has 1 aliphatic rings. The summed E-state index contributed by atoms with van der Waals surface area (Å²) in [5, 5.41) is 3.46. The van der Waals surface area contributed by atoms with Crippen LogP contribution in [0.5, 0.6) is 0 Å². The standard InChI is InChI=1S/C13H18F3N3O2/c1-7-10(21-11(20)19(7)12(2,3)4)8-6-9(13(14,15)16)17-18(8)5/h6-7,10H,1-5H3/t7-,10-/m1/s1. The quantitative estimate of drug-likeness (QED) is 0.801. The lowest BCUT2D eigenvalue weighted by atomic mass is 10.0. The molecule has 5 nitrogen and oxygen atoms in total. The predicted molar refractivity (Wildman–Crippen MR) is 68.5 cm³/mol. The monoisotopic (exact) mass is 305 g/mol. The molecule has 0 aliphatic carbocycles. The molecule has 0 spiro atoms. The molecule has 0 radical (unpaired) electrons. The Hall–Kier alpha value is -1.73. The Balaban J connectivity index is 2.36. The van der Waals surface area contributed by atoms with Crippen LogP contribution >= 0.6 is 0 Å². The topological polar surface area (TPSA) is 47.4 Å².